The minimum atomic E-state index is -1.09. The van der Waals surface area contributed by atoms with Crippen LogP contribution in [0, 0.1) is 18.3 Å². The van der Waals surface area contributed by atoms with Crippen LogP contribution in [0.5, 0.6) is 5.75 Å². The standard InChI is InChI=1S/C18H16N4O4/c1-11-6-7-12(18(24)25)8-15(11)21-22-16(10-19)17(23)20-13-4-3-5-14(9-13)26-2/h3-9,21H,1-2H3,(H,20,23)(H,24,25). The molecule has 132 valence electrons. The fourth-order valence-corrected chi connectivity index (χ4v) is 2.01. The molecule has 0 aliphatic carbocycles. The lowest BCUT2D eigenvalue weighted by Gasteiger charge is -2.08. The number of hydrazone groups is 1. The Morgan fingerprint density at radius 2 is 2.00 bits per heavy atom. The summed E-state index contributed by atoms with van der Waals surface area (Å²) in [7, 11) is 1.50. The lowest BCUT2D eigenvalue weighted by molar-refractivity contribution is -0.110. The lowest BCUT2D eigenvalue weighted by Crippen LogP contribution is -2.22. The summed E-state index contributed by atoms with van der Waals surface area (Å²) in [5.74, 6) is -1.24. The second-order valence-corrected chi connectivity index (χ2v) is 5.20. The van der Waals surface area contributed by atoms with E-state index in [4.69, 9.17) is 15.1 Å². The number of amides is 1. The maximum Gasteiger partial charge on any atom is 0.335 e. The van der Waals surface area contributed by atoms with Gasteiger partial charge in [0.2, 0.25) is 5.71 Å². The Bertz CT molecular complexity index is 916. The van der Waals surface area contributed by atoms with E-state index in [0.717, 1.165) is 0 Å². The fraction of sp³-hybridized carbons (Fsp3) is 0.111. The number of methoxy groups -OCH3 is 1. The molecule has 0 saturated carbocycles. The van der Waals surface area contributed by atoms with Crippen molar-refractivity contribution in [3.8, 4) is 11.8 Å². The van der Waals surface area contributed by atoms with Crippen molar-refractivity contribution in [2.24, 2.45) is 5.10 Å². The first-order valence-electron chi connectivity index (χ1n) is 7.47. The third-order valence-electron chi connectivity index (χ3n) is 3.42. The van der Waals surface area contributed by atoms with Crippen LogP contribution in [0.1, 0.15) is 15.9 Å². The van der Waals surface area contributed by atoms with Crippen LogP contribution in [-0.2, 0) is 4.79 Å². The molecule has 2 aromatic carbocycles. The van der Waals surface area contributed by atoms with Crippen molar-refractivity contribution >= 4 is 29.0 Å². The van der Waals surface area contributed by atoms with Gasteiger partial charge < -0.3 is 15.2 Å². The number of carboxylic acid groups (broad SMARTS) is 1. The Labute approximate surface area is 149 Å². The molecule has 0 aliphatic heterocycles. The second kappa shape index (κ2) is 8.30. The molecule has 0 atom stereocenters. The van der Waals surface area contributed by atoms with Crippen LogP contribution in [0.25, 0.3) is 0 Å². The number of ether oxygens (including phenoxy) is 1. The van der Waals surface area contributed by atoms with Crippen LogP contribution < -0.4 is 15.5 Å². The van der Waals surface area contributed by atoms with Gasteiger partial charge in [-0.05, 0) is 36.8 Å². The van der Waals surface area contributed by atoms with Crippen molar-refractivity contribution in [3.05, 3.63) is 53.6 Å². The summed E-state index contributed by atoms with van der Waals surface area (Å²) in [6.45, 7) is 1.74. The van der Waals surface area contributed by atoms with E-state index in [2.05, 4.69) is 15.8 Å². The SMILES string of the molecule is COc1cccc(NC(=O)C(C#N)=NNc2cc(C(=O)O)ccc2C)c1. The molecule has 0 fully saturated rings. The normalized spacial score (nSPS) is 10.6. The van der Waals surface area contributed by atoms with Crippen LogP contribution in [0.4, 0.5) is 11.4 Å². The molecule has 8 nitrogen and oxygen atoms in total. The monoisotopic (exact) mass is 352 g/mol. The number of aryl methyl sites for hydroxylation is 1. The van der Waals surface area contributed by atoms with E-state index in [1.54, 1.807) is 43.3 Å². The summed E-state index contributed by atoms with van der Waals surface area (Å²) in [4.78, 5) is 23.2. The van der Waals surface area contributed by atoms with Gasteiger partial charge in [0.15, 0.2) is 0 Å². The van der Waals surface area contributed by atoms with Gasteiger partial charge in [-0.3, -0.25) is 10.2 Å². The quantitative estimate of drug-likeness (QED) is 0.542. The average Bonchev–Trinajstić information content (AvgIpc) is 2.63. The number of carboxylic acids is 1. The number of nitrogens with one attached hydrogen (secondary N) is 2. The molecule has 2 rings (SSSR count). The number of hydrogen-bond donors (Lipinski definition) is 3. The second-order valence-electron chi connectivity index (χ2n) is 5.20. The Morgan fingerprint density at radius 1 is 1.23 bits per heavy atom. The number of anilines is 2. The van der Waals surface area contributed by atoms with Crippen LogP contribution >= 0.6 is 0 Å². The molecule has 3 N–H and O–H groups in total. The minimum Gasteiger partial charge on any atom is -0.497 e. The molecule has 0 unspecified atom stereocenters. The summed E-state index contributed by atoms with van der Waals surface area (Å²) in [6, 6.07) is 12.8. The van der Waals surface area contributed by atoms with Gasteiger partial charge in [-0.25, -0.2) is 4.79 Å². The summed E-state index contributed by atoms with van der Waals surface area (Å²) in [5, 5.41) is 24.5. The number of rotatable bonds is 6. The minimum absolute atomic E-state index is 0.0626. The molecule has 2 aromatic rings. The molecule has 1 amide bonds. The first-order valence-corrected chi connectivity index (χ1v) is 7.47. The molecule has 0 heterocycles. The average molecular weight is 352 g/mol. The highest BCUT2D eigenvalue weighted by Crippen LogP contribution is 2.18. The van der Waals surface area contributed by atoms with E-state index in [1.807, 2.05) is 0 Å². The van der Waals surface area contributed by atoms with Crippen LogP contribution in [0.2, 0.25) is 0 Å². The van der Waals surface area contributed by atoms with Crippen molar-refractivity contribution in [2.45, 2.75) is 6.92 Å². The lowest BCUT2D eigenvalue weighted by atomic mass is 10.1. The predicted molar refractivity (Wildman–Crippen MR) is 96.4 cm³/mol. The number of carbonyl (C=O) groups is 2. The van der Waals surface area contributed by atoms with Crippen LogP contribution in [-0.4, -0.2) is 29.8 Å². The third kappa shape index (κ3) is 4.58. The highest BCUT2D eigenvalue weighted by Gasteiger charge is 2.13. The Hall–Kier alpha value is -3.86. The largest absolute Gasteiger partial charge is 0.497 e. The van der Waals surface area contributed by atoms with E-state index in [9.17, 15) is 9.59 Å². The van der Waals surface area contributed by atoms with Gasteiger partial charge in [0.05, 0.1) is 18.4 Å². The molecule has 0 bridgehead atoms. The summed E-state index contributed by atoms with van der Waals surface area (Å²) in [6.07, 6.45) is 0. The fourth-order valence-electron chi connectivity index (χ4n) is 2.01. The maximum absolute atomic E-state index is 12.2. The Morgan fingerprint density at radius 3 is 2.65 bits per heavy atom. The molecular formula is C18H16N4O4. The molecular weight excluding hydrogens is 336 g/mol. The zero-order valence-electron chi connectivity index (χ0n) is 14.1. The van der Waals surface area contributed by atoms with Crippen molar-refractivity contribution in [1.82, 2.24) is 0 Å². The molecule has 0 aliphatic rings. The molecule has 0 spiro atoms. The summed E-state index contributed by atoms with van der Waals surface area (Å²) < 4.78 is 5.07. The number of carbonyl (C=O) groups excluding carboxylic acids is 1. The third-order valence-corrected chi connectivity index (χ3v) is 3.42. The molecule has 26 heavy (non-hydrogen) atoms. The van der Waals surface area contributed by atoms with Crippen molar-refractivity contribution in [3.63, 3.8) is 0 Å². The smallest absolute Gasteiger partial charge is 0.335 e. The van der Waals surface area contributed by atoms with Crippen LogP contribution in [0.15, 0.2) is 47.6 Å². The van der Waals surface area contributed by atoms with Gasteiger partial charge >= 0.3 is 5.97 Å². The Kier molecular flexibility index (Phi) is 5.90. The van der Waals surface area contributed by atoms with Gasteiger partial charge in [-0.1, -0.05) is 12.1 Å². The maximum atomic E-state index is 12.2. The predicted octanol–water partition coefficient (Wildman–Crippen LogP) is 2.63. The zero-order chi connectivity index (χ0) is 19.1. The van der Waals surface area contributed by atoms with E-state index in [-0.39, 0.29) is 5.56 Å². The number of benzene rings is 2. The van der Waals surface area contributed by atoms with Crippen LogP contribution in [0.3, 0.4) is 0 Å². The van der Waals surface area contributed by atoms with Gasteiger partial charge in [-0.2, -0.15) is 10.4 Å². The molecule has 0 saturated heterocycles. The van der Waals surface area contributed by atoms with Crippen molar-refractivity contribution < 1.29 is 19.4 Å². The zero-order valence-corrected chi connectivity index (χ0v) is 14.1. The Balaban J connectivity index is 2.17. The van der Waals surface area contributed by atoms with Crippen molar-refractivity contribution in [1.29, 1.82) is 5.26 Å². The first kappa shape index (κ1) is 18.5. The molecule has 0 aromatic heterocycles. The van der Waals surface area contributed by atoms with Crippen molar-refractivity contribution in [2.75, 3.05) is 17.9 Å². The number of nitriles is 1. The van der Waals surface area contributed by atoms with E-state index in [1.165, 1.54) is 19.2 Å². The topological polar surface area (TPSA) is 124 Å². The highest BCUT2D eigenvalue weighted by atomic mass is 16.5. The summed E-state index contributed by atoms with van der Waals surface area (Å²) in [5.41, 5.74) is 3.76. The molecule has 0 radical (unpaired) electrons. The van der Waals surface area contributed by atoms with Gasteiger partial charge in [0.25, 0.3) is 5.91 Å². The van der Waals surface area contributed by atoms with Gasteiger partial charge in [0, 0.05) is 11.8 Å². The van der Waals surface area contributed by atoms with Gasteiger partial charge in [-0.15, -0.1) is 0 Å². The number of aromatic carboxylic acids is 1. The number of nitrogens with zero attached hydrogens (tertiary/aromatic N) is 2. The molecule has 8 heteroatoms. The van der Waals surface area contributed by atoms with Gasteiger partial charge in [0.1, 0.15) is 11.8 Å². The van der Waals surface area contributed by atoms with E-state index >= 15 is 0 Å². The number of hydrogen-bond acceptors (Lipinski definition) is 6. The van der Waals surface area contributed by atoms with E-state index < -0.39 is 17.6 Å². The highest BCUT2D eigenvalue weighted by molar-refractivity contribution is 6.48. The summed E-state index contributed by atoms with van der Waals surface area (Å²) >= 11 is 0. The van der Waals surface area contributed by atoms with E-state index in [0.29, 0.717) is 22.7 Å². The first-order chi connectivity index (χ1) is 12.4.